The van der Waals surface area contributed by atoms with Crippen molar-refractivity contribution in [3.63, 3.8) is 0 Å². The van der Waals surface area contributed by atoms with Crippen LogP contribution in [0.4, 0.5) is 10.8 Å². The minimum atomic E-state index is -1.09. The van der Waals surface area contributed by atoms with Crippen molar-refractivity contribution in [2.75, 3.05) is 11.1 Å². The molecule has 2 rings (SSSR count). The van der Waals surface area contributed by atoms with Gasteiger partial charge in [-0.05, 0) is 26.0 Å². The Balaban J connectivity index is 2.33. The smallest absolute Gasteiger partial charge is 0.337 e. The van der Waals surface area contributed by atoms with Gasteiger partial charge in [-0.3, -0.25) is 4.79 Å². The van der Waals surface area contributed by atoms with E-state index in [1.165, 1.54) is 6.07 Å². The number of nitrogens with two attached hydrogens (primary N) is 1. The number of aromatic nitrogens is 1. The van der Waals surface area contributed by atoms with Crippen LogP contribution in [0.3, 0.4) is 0 Å². The van der Waals surface area contributed by atoms with Crippen LogP contribution in [0, 0.1) is 13.8 Å². The number of hydrogen-bond donors (Lipinski definition) is 3. The summed E-state index contributed by atoms with van der Waals surface area (Å²) in [6.07, 6.45) is 0. The van der Waals surface area contributed by atoms with Crippen LogP contribution in [0.25, 0.3) is 0 Å². The summed E-state index contributed by atoms with van der Waals surface area (Å²) in [5.41, 5.74) is 7.17. The van der Waals surface area contributed by atoms with Gasteiger partial charge in [-0.2, -0.15) is 0 Å². The third-order valence-electron chi connectivity index (χ3n) is 2.67. The van der Waals surface area contributed by atoms with Gasteiger partial charge in [0, 0.05) is 0 Å². The Bertz CT molecular complexity index is 694. The summed E-state index contributed by atoms with van der Waals surface area (Å²) in [4.78, 5) is 27.6. The third kappa shape index (κ3) is 2.77. The van der Waals surface area contributed by atoms with E-state index in [4.69, 9.17) is 10.8 Å². The van der Waals surface area contributed by atoms with Gasteiger partial charge in [0.15, 0.2) is 5.13 Å². The zero-order valence-corrected chi connectivity index (χ0v) is 11.7. The number of amides is 1. The molecule has 6 nitrogen and oxygen atoms in total. The number of carbonyl (C=O) groups is 2. The summed E-state index contributed by atoms with van der Waals surface area (Å²) in [5.74, 6) is -1.51. The largest absolute Gasteiger partial charge is 0.478 e. The molecule has 0 unspecified atom stereocenters. The zero-order chi connectivity index (χ0) is 14.9. The number of benzene rings is 1. The van der Waals surface area contributed by atoms with Gasteiger partial charge in [-0.1, -0.05) is 23.0 Å². The molecular formula is C13H13N3O3S. The number of nitrogens with zero attached hydrogens (tertiary/aromatic N) is 1. The van der Waals surface area contributed by atoms with Crippen LogP contribution < -0.4 is 11.1 Å². The molecule has 1 aromatic heterocycles. The van der Waals surface area contributed by atoms with E-state index in [1.807, 2.05) is 0 Å². The van der Waals surface area contributed by atoms with Gasteiger partial charge < -0.3 is 16.2 Å². The number of carbonyl (C=O) groups excluding carboxylic acids is 1. The lowest BCUT2D eigenvalue weighted by Crippen LogP contribution is -2.14. The molecule has 0 saturated heterocycles. The molecule has 0 aliphatic carbocycles. The minimum absolute atomic E-state index is 0.0495. The average Bonchev–Trinajstić information content (AvgIpc) is 2.70. The van der Waals surface area contributed by atoms with Crippen LogP contribution >= 0.6 is 11.3 Å². The first-order chi connectivity index (χ1) is 9.38. The Morgan fingerprint density at radius 1 is 1.35 bits per heavy atom. The maximum absolute atomic E-state index is 12.1. The second-order valence-corrected chi connectivity index (χ2v) is 5.31. The summed E-state index contributed by atoms with van der Waals surface area (Å²) in [7, 11) is 0. The van der Waals surface area contributed by atoms with Gasteiger partial charge in [0.05, 0.1) is 16.9 Å². The van der Waals surface area contributed by atoms with Crippen molar-refractivity contribution in [3.8, 4) is 0 Å². The highest BCUT2D eigenvalue weighted by molar-refractivity contribution is 7.17. The van der Waals surface area contributed by atoms with Crippen molar-refractivity contribution >= 4 is 34.0 Å². The van der Waals surface area contributed by atoms with E-state index in [2.05, 4.69) is 10.3 Å². The zero-order valence-electron chi connectivity index (χ0n) is 10.9. The molecule has 0 radical (unpaired) electrons. The molecule has 0 aliphatic heterocycles. The molecule has 0 bridgehead atoms. The van der Waals surface area contributed by atoms with Crippen molar-refractivity contribution in [1.82, 2.24) is 4.98 Å². The van der Waals surface area contributed by atoms with Gasteiger partial charge in [0.2, 0.25) is 0 Å². The van der Waals surface area contributed by atoms with Crippen LogP contribution in [-0.2, 0) is 0 Å². The number of carboxylic acids is 1. The molecule has 104 valence electrons. The quantitative estimate of drug-likeness (QED) is 0.804. The van der Waals surface area contributed by atoms with Crippen LogP contribution in [-0.4, -0.2) is 22.0 Å². The topological polar surface area (TPSA) is 105 Å². The van der Waals surface area contributed by atoms with E-state index >= 15 is 0 Å². The van der Waals surface area contributed by atoms with Gasteiger partial charge in [0.1, 0.15) is 4.88 Å². The number of rotatable bonds is 3. The van der Waals surface area contributed by atoms with Crippen molar-refractivity contribution in [1.29, 1.82) is 0 Å². The standard InChI is InChI=1S/C13H13N3O3S/c1-6-3-4-9(8(5-6)12(18)19)16-11(17)10-7(2)15-13(14)20-10/h3-5H,1-2H3,(H2,14,15)(H,16,17)(H,18,19). The van der Waals surface area contributed by atoms with Crippen LogP contribution in [0.5, 0.6) is 0 Å². The number of anilines is 2. The Morgan fingerprint density at radius 3 is 2.60 bits per heavy atom. The lowest BCUT2D eigenvalue weighted by atomic mass is 10.1. The summed E-state index contributed by atoms with van der Waals surface area (Å²) in [6.45, 7) is 3.46. The highest BCUT2D eigenvalue weighted by atomic mass is 32.1. The first-order valence-electron chi connectivity index (χ1n) is 5.76. The molecular weight excluding hydrogens is 278 g/mol. The van der Waals surface area contributed by atoms with E-state index < -0.39 is 11.9 Å². The van der Waals surface area contributed by atoms with Gasteiger partial charge in [-0.15, -0.1) is 0 Å². The van der Waals surface area contributed by atoms with Crippen molar-refractivity contribution < 1.29 is 14.7 Å². The van der Waals surface area contributed by atoms with Crippen LogP contribution in [0.15, 0.2) is 18.2 Å². The fourth-order valence-electron chi connectivity index (χ4n) is 1.75. The van der Waals surface area contributed by atoms with Crippen LogP contribution in [0.1, 0.15) is 31.3 Å². The maximum Gasteiger partial charge on any atom is 0.337 e. The normalized spacial score (nSPS) is 10.3. The highest BCUT2D eigenvalue weighted by Crippen LogP contribution is 2.23. The predicted molar refractivity (Wildman–Crippen MR) is 77.4 cm³/mol. The maximum atomic E-state index is 12.1. The van der Waals surface area contributed by atoms with E-state index in [9.17, 15) is 9.59 Å². The first kappa shape index (κ1) is 14.0. The Kier molecular flexibility index (Phi) is 3.71. The van der Waals surface area contributed by atoms with Crippen molar-refractivity contribution in [3.05, 3.63) is 39.9 Å². The number of hydrogen-bond acceptors (Lipinski definition) is 5. The van der Waals surface area contributed by atoms with Gasteiger partial charge >= 0.3 is 5.97 Å². The molecule has 1 amide bonds. The number of aryl methyl sites for hydroxylation is 2. The summed E-state index contributed by atoms with van der Waals surface area (Å²) in [5, 5.41) is 12.0. The van der Waals surface area contributed by atoms with Crippen molar-refractivity contribution in [2.45, 2.75) is 13.8 Å². The highest BCUT2D eigenvalue weighted by Gasteiger charge is 2.17. The van der Waals surface area contributed by atoms with Gasteiger partial charge in [-0.25, -0.2) is 9.78 Å². The fourth-order valence-corrected chi connectivity index (χ4v) is 2.48. The average molecular weight is 291 g/mol. The van der Waals surface area contributed by atoms with E-state index in [0.29, 0.717) is 15.7 Å². The predicted octanol–water partition coefficient (Wildman–Crippen LogP) is 2.29. The minimum Gasteiger partial charge on any atom is -0.478 e. The molecule has 1 heterocycles. The molecule has 4 N–H and O–H groups in total. The third-order valence-corrected chi connectivity index (χ3v) is 3.66. The molecule has 0 aliphatic rings. The molecule has 20 heavy (non-hydrogen) atoms. The van der Waals surface area contributed by atoms with E-state index in [-0.39, 0.29) is 11.3 Å². The lowest BCUT2D eigenvalue weighted by molar-refractivity contribution is 0.0698. The summed E-state index contributed by atoms with van der Waals surface area (Å²) >= 11 is 1.07. The number of nitrogens with one attached hydrogen (secondary N) is 1. The number of aromatic carboxylic acids is 1. The van der Waals surface area contributed by atoms with E-state index in [1.54, 1.807) is 26.0 Å². The van der Waals surface area contributed by atoms with Crippen molar-refractivity contribution in [2.24, 2.45) is 0 Å². The van der Waals surface area contributed by atoms with Crippen LogP contribution in [0.2, 0.25) is 0 Å². The molecule has 0 fully saturated rings. The number of carboxylic acid groups (broad SMARTS) is 1. The molecule has 0 spiro atoms. The monoisotopic (exact) mass is 291 g/mol. The Hall–Kier alpha value is -2.41. The van der Waals surface area contributed by atoms with Gasteiger partial charge in [0.25, 0.3) is 5.91 Å². The number of nitrogen functional groups attached to an aromatic ring is 1. The Labute approximate surface area is 119 Å². The fraction of sp³-hybridized carbons (Fsp3) is 0.154. The van der Waals surface area contributed by atoms with E-state index in [0.717, 1.165) is 16.9 Å². The summed E-state index contributed by atoms with van der Waals surface area (Å²) in [6, 6.07) is 4.80. The SMILES string of the molecule is Cc1ccc(NC(=O)c2sc(N)nc2C)c(C(=O)O)c1. The molecule has 0 saturated carbocycles. The summed E-state index contributed by atoms with van der Waals surface area (Å²) < 4.78 is 0. The first-order valence-corrected chi connectivity index (χ1v) is 6.58. The second kappa shape index (κ2) is 5.30. The molecule has 2 aromatic rings. The molecule has 1 aromatic carbocycles. The molecule has 0 atom stereocenters. The Morgan fingerprint density at radius 2 is 2.05 bits per heavy atom. The second-order valence-electron chi connectivity index (χ2n) is 4.27. The number of thiazole rings is 1. The molecule has 7 heteroatoms. The lowest BCUT2D eigenvalue weighted by Gasteiger charge is -2.08.